The lowest BCUT2D eigenvalue weighted by molar-refractivity contribution is 0.193. The Bertz CT molecular complexity index is 744. The number of nitrogens with one attached hydrogen (secondary N) is 1. The second kappa shape index (κ2) is 8.51. The van der Waals surface area contributed by atoms with Crippen LogP contribution >= 0.6 is 0 Å². The van der Waals surface area contributed by atoms with E-state index in [0.29, 0.717) is 24.8 Å². The van der Waals surface area contributed by atoms with Crippen molar-refractivity contribution in [3.63, 3.8) is 0 Å². The van der Waals surface area contributed by atoms with Gasteiger partial charge in [-0.1, -0.05) is 19.0 Å². The number of urea groups is 1. The number of hydrogen-bond acceptors (Lipinski definition) is 6. The van der Waals surface area contributed by atoms with Gasteiger partial charge in [-0.3, -0.25) is 10.00 Å². The normalized spacial score (nSPS) is 15.7. The molecule has 1 aliphatic rings. The van der Waals surface area contributed by atoms with Crippen molar-refractivity contribution >= 4 is 11.8 Å². The minimum atomic E-state index is -0.109. The Hall–Kier alpha value is -2.42. The maximum Gasteiger partial charge on any atom is 0.323 e. The van der Waals surface area contributed by atoms with Crippen molar-refractivity contribution in [1.82, 2.24) is 29.7 Å². The summed E-state index contributed by atoms with van der Waals surface area (Å²) in [5.74, 6) is 2.50. The Morgan fingerprint density at radius 2 is 2.11 bits per heavy atom. The summed E-state index contributed by atoms with van der Waals surface area (Å²) >= 11 is 0. The van der Waals surface area contributed by atoms with Crippen molar-refractivity contribution in [3.05, 3.63) is 24.0 Å². The van der Waals surface area contributed by atoms with Crippen molar-refractivity contribution in [2.75, 3.05) is 39.0 Å². The summed E-state index contributed by atoms with van der Waals surface area (Å²) in [5.41, 5.74) is 0. The van der Waals surface area contributed by atoms with E-state index < -0.39 is 0 Å². The van der Waals surface area contributed by atoms with Gasteiger partial charge in [-0.25, -0.2) is 4.79 Å². The lowest BCUT2D eigenvalue weighted by atomic mass is 9.96. The van der Waals surface area contributed by atoms with E-state index in [1.54, 1.807) is 0 Å². The average molecular weight is 375 g/mol. The molecule has 9 heteroatoms. The van der Waals surface area contributed by atoms with Gasteiger partial charge >= 0.3 is 6.03 Å². The molecule has 0 aliphatic carbocycles. The first-order valence-electron chi connectivity index (χ1n) is 9.50. The van der Waals surface area contributed by atoms with Crippen molar-refractivity contribution in [1.29, 1.82) is 0 Å². The molecule has 0 bridgehead atoms. The first kappa shape index (κ1) is 19.3. The van der Waals surface area contributed by atoms with Gasteiger partial charge in [-0.05, 0) is 26.9 Å². The highest BCUT2D eigenvalue weighted by Gasteiger charge is 2.27. The predicted octanol–water partition coefficient (Wildman–Crippen LogP) is 2.36. The van der Waals surface area contributed by atoms with Gasteiger partial charge < -0.3 is 14.3 Å². The molecule has 9 nitrogen and oxygen atoms in total. The van der Waals surface area contributed by atoms with Crippen LogP contribution < -0.4 is 5.32 Å². The van der Waals surface area contributed by atoms with Crippen LogP contribution in [0.4, 0.5) is 10.6 Å². The fourth-order valence-corrected chi connectivity index (χ4v) is 3.03. The summed E-state index contributed by atoms with van der Waals surface area (Å²) in [6, 6.07) is 1.72. The molecule has 2 amide bonds. The molecule has 1 fully saturated rings. The molecule has 148 valence electrons. The highest BCUT2D eigenvalue weighted by atomic mass is 16.5. The lowest BCUT2D eigenvalue weighted by Crippen LogP contribution is -2.40. The van der Waals surface area contributed by atoms with Crippen LogP contribution in [0.3, 0.4) is 0 Å². The van der Waals surface area contributed by atoms with Crippen LogP contribution in [0, 0.1) is 0 Å². The molecule has 2 aromatic heterocycles. The zero-order valence-electron chi connectivity index (χ0n) is 16.6. The molecule has 0 radical (unpaired) electrons. The van der Waals surface area contributed by atoms with E-state index in [2.05, 4.69) is 25.5 Å². The Morgan fingerprint density at radius 1 is 1.37 bits per heavy atom. The van der Waals surface area contributed by atoms with Crippen molar-refractivity contribution < 1.29 is 9.32 Å². The number of anilines is 1. The van der Waals surface area contributed by atoms with Gasteiger partial charge in [0.25, 0.3) is 0 Å². The number of likely N-dealkylation sites (tertiary alicyclic amines) is 1. The molecule has 0 aromatic carbocycles. The highest BCUT2D eigenvalue weighted by molar-refractivity contribution is 5.88. The van der Waals surface area contributed by atoms with Crippen LogP contribution in [0.25, 0.3) is 0 Å². The van der Waals surface area contributed by atoms with Gasteiger partial charge in [-0.2, -0.15) is 10.1 Å². The Labute approximate surface area is 159 Å². The maximum atomic E-state index is 12.5. The van der Waals surface area contributed by atoms with E-state index in [9.17, 15) is 4.79 Å². The molecule has 3 heterocycles. The third-order valence-electron chi connectivity index (χ3n) is 4.75. The number of amides is 2. The van der Waals surface area contributed by atoms with E-state index >= 15 is 0 Å². The first-order valence-corrected chi connectivity index (χ1v) is 9.50. The molecule has 3 rings (SSSR count). The molecular weight excluding hydrogens is 346 g/mol. The third-order valence-corrected chi connectivity index (χ3v) is 4.75. The Kier molecular flexibility index (Phi) is 6.10. The fourth-order valence-electron chi connectivity index (χ4n) is 3.03. The zero-order chi connectivity index (χ0) is 19.4. The first-order chi connectivity index (χ1) is 12.9. The van der Waals surface area contributed by atoms with Crippen molar-refractivity contribution in [2.24, 2.45) is 0 Å². The standard InChI is InChI=1S/C18H29N7O2/c1-13(2)17-20-16(22-27-17)14-5-8-24(9-6-14)18(26)19-15-7-10-25(21-15)12-11-23(3)4/h7,10,13-14H,5-6,8-9,11-12H2,1-4H3,(H,19,21,26). The molecule has 1 saturated heterocycles. The minimum absolute atomic E-state index is 0.109. The molecule has 0 spiro atoms. The second-order valence-corrected chi connectivity index (χ2v) is 7.60. The fraction of sp³-hybridized carbons (Fsp3) is 0.667. The lowest BCUT2D eigenvalue weighted by Gasteiger charge is -2.30. The van der Waals surface area contributed by atoms with Gasteiger partial charge in [0, 0.05) is 43.7 Å². The predicted molar refractivity (Wildman–Crippen MR) is 102 cm³/mol. The number of carbonyl (C=O) groups is 1. The SMILES string of the molecule is CC(C)c1nc(C2CCN(C(=O)Nc3ccn(CCN(C)C)n3)CC2)no1. The summed E-state index contributed by atoms with van der Waals surface area (Å²) in [6.07, 6.45) is 3.55. The zero-order valence-corrected chi connectivity index (χ0v) is 16.6. The summed E-state index contributed by atoms with van der Waals surface area (Å²) < 4.78 is 7.14. The molecule has 2 aromatic rings. The van der Waals surface area contributed by atoms with Crippen molar-refractivity contribution in [3.8, 4) is 0 Å². The van der Waals surface area contributed by atoms with Crippen LogP contribution in [-0.2, 0) is 6.54 Å². The number of hydrogen-bond donors (Lipinski definition) is 1. The molecule has 27 heavy (non-hydrogen) atoms. The number of piperidine rings is 1. The summed E-state index contributed by atoms with van der Waals surface area (Å²) in [6.45, 7) is 7.10. The van der Waals surface area contributed by atoms with E-state index in [0.717, 1.165) is 31.8 Å². The van der Waals surface area contributed by atoms with Crippen LogP contribution in [0.15, 0.2) is 16.8 Å². The van der Waals surface area contributed by atoms with Crippen LogP contribution in [0.2, 0.25) is 0 Å². The van der Waals surface area contributed by atoms with E-state index in [1.807, 2.05) is 49.8 Å². The minimum Gasteiger partial charge on any atom is -0.339 e. The topological polar surface area (TPSA) is 92.3 Å². The summed E-state index contributed by atoms with van der Waals surface area (Å²) in [4.78, 5) is 20.9. The molecule has 1 N–H and O–H groups in total. The van der Waals surface area contributed by atoms with E-state index in [4.69, 9.17) is 4.52 Å². The quantitative estimate of drug-likeness (QED) is 0.833. The van der Waals surface area contributed by atoms with Gasteiger partial charge in [0.1, 0.15) is 0 Å². The molecular formula is C18H29N7O2. The number of nitrogens with zero attached hydrogens (tertiary/aromatic N) is 6. The Balaban J connectivity index is 1.48. The van der Waals surface area contributed by atoms with E-state index in [1.165, 1.54) is 0 Å². The van der Waals surface area contributed by atoms with Gasteiger partial charge in [0.2, 0.25) is 5.89 Å². The maximum absolute atomic E-state index is 12.5. The number of aromatic nitrogens is 4. The van der Waals surface area contributed by atoms with Crippen molar-refractivity contribution in [2.45, 2.75) is 45.1 Å². The number of rotatable bonds is 6. The molecule has 0 unspecified atom stereocenters. The Morgan fingerprint density at radius 3 is 2.74 bits per heavy atom. The van der Waals surface area contributed by atoms with E-state index in [-0.39, 0.29) is 17.9 Å². The molecule has 0 atom stereocenters. The van der Waals surface area contributed by atoms with Gasteiger partial charge in [0.05, 0.1) is 6.54 Å². The van der Waals surface area contributed by atoms with Gasteiger partial charge in [0.15, 0.2) is 11.6 Å². The summed E-state index contributed by atoms with van der Waals surface area (Å²) in [5, 5.41) is 11.4. The third kappa shape index (κ3) is 5.06. The number of carbonyl (C=O) groups excluding carboxylic acids is 1. The average Bonchev–Trinajstić information content (AvgIpc) is 3.30. The van der Waals surface area contributed by atoms with Crippen LogP contribution in [0.5, 0.6) is 0 Å². The summed E-state index contributed by atoms with van der Waals surface area (Å²) in [7, 11) is 4.04. The van der Waals surface area contributed by atoms with Crippen LogP contribution in [0.1, 0.15) is 50.2 Å². The molecule has 0 saturated carbocycles. The van der Waals surface area contributed by atoms with Crippen LogP contribution in [-0.4, -0.2) is 69.5 Å². The highest BCUT2D eigenvalue weighted by Crippen LogP contribution is 2.27. The van der Waals surface area contributed by atoms with Gasteiger partial charge in [-0.15, -0.1) is 0 Å². The monoisotopic (exact) mass is 375 g/mol. The molecule has 1 aliphatic heterocycles. The number of likely N-dealkylation sites (N-methyl/N-ethyl adjacent to an activating group) is 1. The largest absolute Gasteiger partial charge is 0.339 e. The second-order valence-electron chi connectivity index (χ2n) is 7.60. The smallest absolute Gasteiger partial charge is 0.323 e.